The lowest BCUT2D eigenvalue weighted by molar-refractivity contribution is -0.109. The highest BCUT2D eigenvalue weighted by Crippen LogP contribution is 2.17. The third kappa shape index (κ3) is 5.01. The van der Waals surface area contributed by atoms with E-state index >= 15 is 0 Å². The van der Waals surface area contributed by atoms with Crippen LogP contribution in [-0.4, -0.2) is 29.7 Å². The molecule has 1 rings (SSSR count). The molecule has 96 valence electrons. The van der Waals surface area contributed by atoms with Gasteiger partial charge >= 0.3 is 0 Å². The fourth-order valence-corrected chi connectivity index (χ4v) is 1.98. The second kappa shape index (κ2) is 7.50. The van der Waals surface area contributed by atoms with E-state index in [1.54, 1.807) is 24.3 Å². The average Bonchev–Trinajstić information content (AvgIpc) is 2.36. The van der Waals surface area contributed by atoms with Crippen LogP contribution in [0.25, 0.3) is 0 Å². The SMILES string of the molecule is NC(=O)SC(C=O)Cc1ccc(OCC=O)cc1. The maximum Gasteiger partial charge on any atom is 0.277 e. The standard InChI is InChI=1S/C12H13NO4S/c13-12(16)18-11(8-15)7-9-1-3-10(4-2-9)17-6-5-14/h1-5,8,11H,6-7H2,(H2,13,16). The highest BCUT2D eigenvalue weighted by molar-refractivity contribution is 8.14. The summed E-state index contributed by atoms with van der Waals surface area (Å²) in [6.07, 6.45) is 1.79. The number of hydrogen-bond donors (Lipinski definition) is 1. The van der Waals surface area contributed by atoms with Gasteiger partial charge in [-0.05, 0) is 24.1 Å². The highest BCUT2D eigenvalue weighted by Gasteiger charge is 2.12. The summed E-state index contributed by atoms with van der Waals surface area (Å²) in [7, 11) is 0. The molecule has 0 heterocycles. The summed E-state index contributed by atoms with van der Waals surface area (Å²) in [6, 6.07) is 6.96. The Balaban J connectivity index is 2.58. The number of benzene rings is 1. The van der Waals surface area contributed by atoms with Crippen molar-refractivity contribution in [1.29, 1.82) is 0 Å². The predicted octanol–water partition coefficient (Wildman–Crippen LogP) is 1.19. The summed E-state index contributed by atoms with van der Waals surface area (Å²) >= 11 is 0.806. The minimum atomic E-state index is -0.571. The van der Waals surface area contributed by atoms with E-state index in [1.807, 2.05) is 0 Å². The molecule has 2 N–H and O–H groups in total. The van der Waals surface area contributed by atoms with Gasteiger partial charge in [-0.15, -0.1) is 0 Å². The van der Waals surface area contributed by atoms with E-state index in [1.165, 1.54) is 0 Å². The number of thioether (sulfide) groups is 1. The second-order valence-electron chi connectivity index (χ2n) is 3.44. The van der Waals surface area contributed by atoms with Crippen molar-refractivity contribution in [3.8, 4) is 5.75 Å². The van der Waals surface area contributed by atoms with E-state index in [9.17, 15) is 14.4 Å². The molecular weight excluding hydrogens is 254 g/mol. The van der Waals surface area contributed by atoms with Gasteiger partial charge in [0.2, 0.25) is 0 Å². The van der Waals surface area contributed by atoms with Gasteiger partial charge in [-0.25, -0.2) is 0 Å². The maximum atomic E-state index is 10.8. The molecule has 0 bridgehead atoms. The number of primary amides is 1. The van der Waals surface area contributed by atoms with Gasteiger partial charge in [-0.3, -0.25) is 9.59 Å². The Hall–Kier alpha value is -1.82. The second-order valence-corrected chi connectivity index (χ2v) is 4.68. The zero-order valence-corrected chi connectivity index (χ0v) is 10.4. The Morgan fingerprint density at radius 2 is 2.00 bits per heavy atom. The Bertz CT molecular complexity index is 419. The van der Waals surface area contributed by atoms with Crippen molar-refractivity contribution in [1.82, 2.24) is 0 Å². The van der Waals surface area contributed by atoms with Crippen LogP contribution in [0.2, 0.25) is 0 Å². The van der Waals surface area contributed by atoms with E-state index in [-0.39, 0.29) is 6.61 Å². The van der Waals surface area contributed by atoms with Crippen LogP contribution in [0.1, 0.15) is 5.56 Å². The Morgan fingerprint density at radius 3 is 2.50 bits per heavy atom. The fourth-order valence-electron chi connectivity index (χ4n) is 1.35. The highest BCUT2D eigenvalue weighted by atomic mass is 32.2. The first-order valence-electron chi connectivity index (χ1n) is 5.22. The van der Waals surface area contributed by atoms with E-state index in [4.69, 9.17) is 10.5 Å². The van der Waals surface area contributed by atoms with Gasteiger partial charge in [0.25, 0.3) is 5.24 Å². The monoisotopic (exact) mass is 267 g/mol. The van der Waals surface area contributed by atoms with Crippen molar-refractivity contribution in [3.63, 3.8) is 0 Å². The molecule has 1 atom stereocenters. The minimum absolute atomic E-state index is 0.00777. The maximum absolute atomic E-state index is 10.8. The summed E-state index contributed by atoms with van der Waals surface area (Å²) in [5.41, 5.74) is 5.90. The summed E-state index contributed by atoms with van der Waals surface area (Å²) in [4.78, 5) is 31.6. The van der Waals surface area contributed by atoms with Gasteiger partial charge in [0.1, 0.15) is 18.6 Å². The van der Waals surface area contributed by atoms with Crippen LogP contribution in [0.3, 0.4) is 0 Å². The van der Waals surface area contributed by atoms with Crippen molar-refractivity contribution < 1.29 is 19.1 Å². The third-order valence-electron chi connectivity index (χ3n) is 2.10. The first-order chi connectivity index (χ1) is 8.65. The van der Waals surface area contributed by atoms with Crippen LogP contribution in [0.5, 0.6) is 5.75 Å². The normalized spacial score (nSPS) is 11.6. The number of amides is 1. The first-order valence-corrected chi connectivity index (χ1v) is 6.10. The largest absolute Gasteiger partial charge is 0.486 e. The third-order valence-corrected chi connectivity index (χ3v) is 2.91. The number of carbonyl (C=O) groups is 3. The van der Waals surface area contributed by atoms with Gasteiger partial charge in [0.05, 0.1) is 5.25 Å². The molecule has 0 spiro atoms. The Morgan fingerprint density at radius 1 is 1.33 bits per heavy atom. The van der Waals surface area contributed by atoms with Crippen LogP contribution >= 0.6 is 11.8 Å². The molecule has 18 heavy (non-hydrogen) atoms. The molecule has 6 heteroatoms. The average molecular weight is 267 g/mol. The summed E-state index contributed by atoms with van der Waals surface area (Å²) < 4.78 is 5.09. The molecule has 0 aromatic heterocycles. The number of hydrogen-bond acceptors (Lipinski definition) is 5. The van der Waals surface area contributed by atoms with Crippen molar-refractivity contribution in [2.45, 2.75) is 11.7 Å². The van der Waals surface area contributed by atoms with Gasteiger partial charge in [-0.2, -0.15) is 0 Å². The van der Waals surface area contributed by atoms with E-state index in [0.29, 0.717) is 24.7 Å². The fraction of sp³-hybridized carbons (Fsp3) is 0.250. The first kappa shape index (κ1) is 14.2. The number of ether oxygens (including phenoxy) is 1. The molecule has 1 unspecified atom stereocenters. The Kier molecular flexibility index (Phi) is 5.93. The van der Waals surface area contributed by atoms with E-state index in [0.717, 1.165) is 17.3 Å². The van der Waals surface area contributed by atoms with Crippen LogP contribution in [0, 0.1) is 0 Å². The van der Waals surface area contributed by atoms with Gasteiger partial charge in [0.15, 0.2) is 6.29 Å². The number of aldehydes is 2. The van der Waals surface area contributed by atoms with Crippen LogP contribution in [0.4, 0.5) is 4.79 Å². The zero-order chi connectivity index (χ0) is 13.4. The predicted molar refractivity (Wildman–Crippen MR) is 68.7 cm³/mol. The molecular formula is C12H13NO4S. The van der Waals surface area contributed by atoms with Crippen molar-refractivity contribution >= 4 is 29.6 Å². The lowest BCUT2D eigenvalue weighted by Crippen LogP contribution is -2.15. The van der Waals surface area contributed by atoms with Crippen molar-refractivity contribution in [2.24, 2.45) is 5.73 Å². The topological polar surface area (TPSA) is 86.5 Å². The lowest BCUT2D eigenvalue weighted by Gasteiger charge is -2.08. The minimum Gasteiger partial charge on any atom is -0.486 e. The quantitative estimate of drug-likeness (QED) is 0.750. The molecule has 5 nitrogen and oxygen atoms in total. The molecule has 0 fully saturated rings. The van der Waals surface area contributed by atoms with Crippen LogP contribution in [-0.2, 0) is 16.0 Å². The number of rotatable bonds is 7. The molecule has 1 aromatic rings. The van der Waals surface area contributed by atoms with Crippen molar-refractivity contribution in [3.05, 3.63) is 29.8 Å². The number of nitrogens with two attached hydrogens (primary N) is 1. The van der Waals surface area contributed by atoms with Gasteiger partial charge in [0, 0.05) is 0 Å². The number of carbonyl (C=O) groups excluding carboxylic acids is 3. The summed E-state index contributed by atoms with van der Waals surface area (Å²) in [5, 5.41) is -1.05. The smallest absolute Gasteiger partial charge is 0.277 e. The van der Waals surface area contributed by atoms with E-state index < -0.39 is 10.5 Å². The molecule has 0 aliphatic carbocycles. The summed E-state index contributed by atoms with van der Waals surface area (Å²) in [6.45, 7) is 0.00777. The van der Waals surface area contributed by atoms with Gasteiger partial charge in [-0.1, -0.05) is 23.9 Å². The van der Waals surface area contributed by atoms with E-state index in [2.05, 4.69) is 0 Å². The molecule has 1 amide bonds. The molecule has 1 aromatic carbocycles. The Labute approximate surface area is 109 Å². The summed E-state index contributed by atoms with van der Waals surface area (Å²) in [5.74, 6) is 0.580. The molecule has 0 aliphatic rings. The van der Waals surface area contributed by atoms with Crippen LogP contribution < -0.4 is 10.5 Å². The molecule has 0 saturated heterocycles. The molecule has 0 saturated carbocycles. The van der Waals surface area contributed by atoms with Gasteiger partial charge < -0.3 is 15.3 Å². The van der Waals surface area contributed by atoms with Crippen molar-refractivity contribution in [2.75, 3.05) is 6.61 Å². The zero-order valence-electron chi connectivity index (χ0n) is 9.57. The van der Waals surface area contributed by atoms with Crippen LogP contribution in [0.15, 0.2) is 24.3 Å². The molecule has 0 aliphatic heterocycles. The molecule has 0 radical (unpaired) electrons. The lowest BCUT2D eigenvalue weighted by atomic mass is 10.1.